The van der Waals surface area contributed by atoms with E-state index in [0.717, 1.165) is 38.9 Å². The smallest absolute Gasteiger partial charge is 0.331 e. The number of benzene rings is 1. The monoisotopic (exact) mass is 560 g/mol. The van der Waals surface area contributed by atoms with Crippen molar-refractivity contribution in [2.75, 3.05) is 19.7 Å². The number of aliphatic carboxylic acids is 1. The van der Waals surface area contributed by atoms with Gasteiger partial charge in [-0.3, -0.25) is 18.7 Å². The third-order valence-electron chi connectivity index (χ3n) is 6.38. The van der Waals surface area contributed by atoms with Gasteiger partial charge in [-0.1, -0.05) is 11.6 Å². The van der Waals surface area contributed by atoms with Gasteiger partial charge in [-0.05, 0) is 41.8 Å². The highest BCUT2D eigenvalue weighted by atomic mass is 35.5. The third kappa shape index (κ3) is 5.65. The van der Waals surface area contributed by atoms with Crippen LogP contribution in [0, 0.1) is 6.92 Å². The Hall–Kier alpha value is -3.51. The molecule has 1 aliphatic heterocycles. The van der Waals surface area contributed by atoms with Crippen LogP contribution >= 0.6 is 24.0 Å². The molecule has 13 heteroatoms. The summed E-state index contributed by atoms with van der Waals surface area (Å²) in [6.45, 7) is 3.65. The Balaban J connectivity index is 0.00000336. The van der Waals surface area contributed by atoms with E-state index in [1.165, 1.54) is 18.6 Å². The van der Waals surface area contributed by atoms with Crippen LogP contribution < -0.4 is 16.6 Å². The van der Waals surface area contributed by atoms with Gasteiger partial charge >= 0.3 is 11.7 Å². The molecular formula is C25H26Cl2N6O5. The lowest BCUT2D eigenvalue weighted by Crippen LogP contribution is -2.40. The number of carboxylic acid groups (broad SMARTS) is 1. The van der Waals surface area contributed by atoms with Gasteiger partial charge in [-0.25, -0.2) is 14.3 Å². The number of aromatic nitrogens is 5. The van der Waals surface area contributed by atoms with E-state index in [0.29, 0.717) is 34.8 Å². The summed E-state index contributed by atoms with van der Waals surface area (Å²) in [5.41, 5.74) is 3.69. The molecular weight excluding hydrogens is 535 g/mol. The van der Waals surface area contributed by atoms with E-state index in [1.807, 2.05) is 25.1 Å². The Kier molecular flexibility index (Phi) is 8.32. The average molecular weight is 561 g/mol. The van der Waals surface area contributed by atoms with Crippen LogP contribution in [0.5, 0.6) is 0 Å². The van der Waals surface area contributed by atoms with Crippen molar-refractivity contribution in [2.24, 2.45) is 0 Å². The minimum atomic E-state index is -1.18. The number of rotatable bonds is 7. The molecule has 5 rings (SSSR count). The van der Waals surface area contributed by atoms with Gasteiger partial charge in [0.15, 0.2) is 0 Å². The number of carboxylic acids is 1. The molecule has 0 radical (unpaired) electrons. The Bertz CT molecular complexity index is 1610. The van der Waals surface area contributed by atoms with Crippen molar-refractivity contribution in [3.8, 4) is 11.3 Å². The van der Waals surface area contributed by atoms with Gasteiger partial charge in [0.05, 0.1) is 30.5 Å². The molecule has 0 saturated carbocycles. The van der Waals surface area contributed by atoms with E-state index >= 15 is 0 Å². The van der Waals surface area contributed by atoms with E-state index in [2.05, 4.69) is 15.4 Å². The molecule has 1 fully saturated rings. The van der Waals surface area contributed by atoms with E-state index in [4.69, 9.17) is 21.4 Å². The third-order valence-corrected chi connectivity index (χ3v) is 6.60. The molecule has 4 heterocycles. The summed E-state index contributed by atoms with van der Waals surface area (Å²) >= 11 is 6.45. The number of nitrogens with zero attached hydrogens (tertiary/aromatic N) is 5. The Morgan fingerprint density at radius 3 is 2.84 bits per heavy atom. The maximum Gasteiger partial charge on any atom is 0.331 e. The molecule has 1 saturated heterocycles. The first kappa shape index (κ1) is 27.5. The van der Waals surface area contributed by atoms with Crippen LogP contribution in [-0.2, 0) is 29.0 Å². The zero-order chi connectivity index (χ0) is 26.1. The van der Waals surface area contributed by atoms with Crippen LogP contribution in [0.25, 0.3) is 16.8 Å². The highest BCUT2D eigenvalue weighted by Crippen LogP contribution is 2.33. The van der Waals surface area contributed by atoms with Crippen LogP contribution in [0.3, 0.4) is 0 Å². The minimum absolute atomic E-state index is 0. The fourth-order valence-corrected chi connectivity index (χ4v) is 4.93. The van der Waals surface area contributed by atoms with E-state index in [-0.39, 0.29) is 25.1 Å². The van der Waals surface area contributed by atoms with Gasteiger partial charge in [-0.2, -0.15) is 5.10 Å². The van der Waals surface area contributed by atoms with Crippen LogP contribution in [0.15, 0.2) is 52.6 Å². The first-order valence-electron chi connectivity index (χ1n) is 11.8. The first-order valence-corrected chi connectivity index (χ1v) is 12.1. The summed E-state index contributed by atoms with van der Waals surface area (Å²) in [4.78, 5) is 40.8. The fraction of sp³-hybridized carbons (Fsp3) is 0.320. The lowest BCUT2D eigenvalue weighted by molar-refractivity contribution is -0.137. The Labute approximate surface area is 228 Å². The number of hydrogen-bond donors (Lipinski definition) is 2. The number of morpholine rings is 1. The molecule has 4 aromatic rings. The van der Waals surface area contributed by atoms with Crippen LogP contribution in [0.2, 0.25) is 5.02 Å². The SMILES string of the molecule is Cc1cc(Cl)cc(-c2ncnn3cc(Cn4c(=O)ccn(CC(=O)O)c4=O)cc23)c1C[C@@H]1CNCCO1.Cl. The quantitative estimate of drug-likeness (QED) is 0.349. The first-order chi connectivity index (χ1) is 17.8. The normalized spacial score (nSPS) is 15.4. The summed E-state index contributed by atoms with van der Waals surface area (Å²) < 4.78 is 9.55. The van der Waals surface area contributed by atoms with Gasteiger partial charge in [0, 0.05) is 48.6 Å². The summed E-state index contributed by atoms with van der Waals surface area (Å²) in [7, 11) is 0. The van der Waals surface area contributed by atoms with Crippen LogP contribution in [0.4, 0.5) is 0 Å². The van der Waals surface area contributed by atoms with Crippen molar-refractivity contribution >= 4 is 35.5 Å². The molecule has 11 nitrogen and oxygen atoms in total. The van der Waals surface area contributed by atoms with E-state index < -0.39 is 23.8 Å². The molecule has 0 bridgehead atoms. The number of aryl methyl sites for hydroxylation is 1. The summed E-state index contributed by atoms with van der Waals surface area (Å²) in [6, 6.07) is 6.78. The van der Waals surface area contributed by atoms with Crippen molar-refractivity contribution in [3.05, 3.63) is 85.5 Å². The molecule has 0 spiro atoms. The fourth-order valence-electron chi connectivity index (χ4n) is 4.66. The minimum Gasteiger partial charge on any atom is -0.480 e. The molecule has 200 valence electrons. The molecule has 1 aromatic carbocycles. The summed E-state index contributed by atoms with van der Waals surface area (Å²) in [6.07, 6.45) is 5.04. The summed E-state index contributed by atoms with van der Waals surface area (Å²) in [5.74, 6) is -1.18. The van der Waals surface area contributed by atoms with Gasteiger partial charge < -0.3 is 15.2 Å². The topological polar surface area (TPSA) is 133 Å². The Morgan fingerprint density at radius 1 is 1.29 bits per heavy atom. The number of hydrogen-bond acceptors (Lipinski definition) is 7. The largest absolute Gasteiger partial charge is 0.480 e. The highest BCUT2D eigenvalue weighted by molar-refractivity contribution is 6.31. The number of halogens is 2. The predicted octanol–water partition coefficient (Wildman–Crippen LogP) is 1.77. The number of ether oxygens (including phenoxy) is 1. The molecule has 0 aliphatic carbocycles. The molecule has 3 aromatic heterocycles. The van der Waals surface area contributed by atoms with Crippen LogP contribution in [-0.4, -0.2) is 60.6 Å². The second kappa shape index (κ2) is 11.5. The maximum absolute atomic E-state index is 12.7. The van der Waals surface area contributed by atoms with Gasteiger partial charge in [-0.15, -0.1) is 12.4 Å². The number of carbonyl (C=O) groups is 1. The van der Waals surface area contributed by atoms with Gasteiger partial charge in [0.25, 0.3) is 5.56 Å². The van der Waals surface area contributed by atoms with E-state index in [9.17, 15) is 14.4 Å². The van der Waals surface area contributed by atoms with Crippen molar-refractivity contribution in [2.45, 2.75) is 32.5 Å². The van der Waals surface area contributed by atoms with Crippen molar-refractivity contribution in [1.29, 1.82) is 0 Å². The second-order valence-electron chi connectivity index (χ2n) is 8.98. The molecule has 2 N–H and O–H groups in total. The van der Waals surface area contributed by atoms with Crippen molar-refractivity contribution < 1.29 is 14.6 Å². The summed E-state index contributed by atoms with van der Waals surface area (Å²) in [5, 5.41) is 17.3. The zero-order valence-electron chi connectivity index (χ0n) is 20.5. The van der Waals surface area contributed by atoms with Crippen molar-refractivity contribution in [1.82, 2.24) is 29.0 Å². The average Bonchev–Trinajstić information content (AvgIpc) is 3.28. The molecule has 1 aliphatic rings. The maximum atomic E-state index is 12.7. The van der Waals surface area contributed by atoms with Crippen molar-refractivity contribution in [3.63, 3.8) is 0 Å². The lowest BCUT2D eigenvalue weighted by Gasteiger charge is -2.25. The second-order valence-corrected chi connectivity index (χ2v) is 9.42. The van der Waals surface area contributed by atoms with E-state index in [1.54, 1.807) is 10.7 Å². The molecule has 38 heavy (non-hydrogen) atoms. The zero-order valence-corrected chi connectivity index (χ0v) is 22.0. The predicted molar refractivity (Wildman–Crippen MR) is 143 cm³/mol. The van der Waals surface area contributed by atoms with Gasteiger partial charge in [0.2, 0.25) is 0 Å². The standard InChI is InChI=1S/C25H25ClN6O5.ClH/c1-15-6-17(26)8-20(19(15)9-18-10-27-3-5-37-18)24-21-7-16(12-32(21)29-14-28-24)11-31-22(33)2-4-30(25(31)36)13-23(34)35;/h2,4,6-8,12,14,18,27H,3,5,9-11,13H2,1H3,(H,34,35);1H/t18-;/m1./s1. The molecule has 1 atom stereocenters. The highest BCUT2D eigenvalue weighted by Gasteiger charge is 2.21. The number of nitrogens with one attached hydrogen (secondary N) is 1. The lowest BCUT2D eigenvalue weighted by atomic mass is 9.94. The molecule has 0 amide bonds. The number of fused-ring (bicyclic) bond motifs is 1. The molecule has 0 unspecified atom stereocenters. The van der Waals surface area contributed by atoms with Gasteiger partial charge in [0.1, 0.15) is 12.9 Å². The Morgan fingerprint density at radius 2 is 2.11 bits per heavy atom. The van der Waals surface area contributed by atoms with Crippen LogP contribution in [0.1, 0.15) is 16.7 Å².